The van der Waals surface area contributed by atoms with Crippen LogP contribution in [0, 0.1) is 13.8 Å². The Bertz CT molecular complexity index is 851. The molecule has 0 aliphatic heterocycles. The summed E-state index contributed by atoms with van der Waals surface area (Å²) in [5.41, 5.74) is 3.21. The van der Waals surface area contributed by atoms with Crippen LogP contribution in [0.1, 0.15) is 48.2 Å². The highest BCUT2D eigenvalue weighted by atomic mass is 32.2. The summed E-state index contributed by atoms with van der Waals surface area (Å²) in [4.78, 5) is 0. The van der Waals surface area contributed by atoms with E-state index in [1.165, 1.54) is 22.0 Å². The monoisotopic (exact) mass is 373 g/mol. The molecule has 0 unspecified atom stereocenters. The van der Waals surface area contributed by atoms with E-state index in [-0.39, 0.29) is 6.61 Å². The highest BCUT2D eigenvalue weighted by molar-refractivity contribution is 7.98. The fourth-order valence-corrected chi connectivity index (χ4v) is 3.47. The standard InChI is InChI=1S/C18H23N5O2S/c1-11(2)14-5-7-15(8-6-14)24-9-17-20-21-18(23(17)19)26-10-16-12(3)22-25-13(16)4/h5-8,11H,9-10,19H2,1-4H3. The van der Waals surface area contributed by atoms with Gasteiger partial charge in [0.25, 0.3) is 0 Å². The third-order valence-electron chi connectivity index (χ3n) is 4.18. The van der Waals surface area contributed by atoms with Crippen molar-refractivity contribution in [1.29, 1.82) is 0 Å². The number of rotatable bonds is 7. The highest BCUT2D eigenvalue weighted by Crippen LogP contribution is 2.25. The Morgan fingerprint density at radius 1 is 1.19 bits per heavy atom. The highest BCUT2D eigenvalue weighted by Gasteiger charge is 2.14. The maximum absolute atomic E-state index is 6.10. The zero-order valence-corrected chi connectivity index (χ0v) is 16.2. The van der Waals surface area contributed by atoms with Crippen molar-refractivity contribution in [2.75, 3.05) is 5.84 Å². The minimum absolute atomic E-state index is 0.260. The molecule has 26 heavy (non-hydrogen) atoms. The summed E-state index contributed by atoms with van der Waals surface area (Å²) >= 11 is 1.49. The van der Waals surface area contributed by atoms with Crippen molar-refractivity contribution in [3.63, 3.8) is 0 Å². The van der Waals surface area contributed by atoms with Gasteiger partial charge in [-0.3, -0.25) is 0 Å². The zero-order chi connectivity index (χ0) is 18.7. The molecule has 3 aromatic rings. The average Bonchev–Trinajstić information content (AvgIpc) is 3.14. The molecule has 0 fully saturated rings. The smallest absolute Gasteiger partial charge is 0.210 e. The molecule has 0 aliphatic carbocycles. The lowest BCUT2D eigenvalue weighted by Gasteiger charge is -2.09. The second-order valence-electron chi connectivity index (χ2n) is 6.37. The summed E-state index contributed by atoms with van der Waals surface area (Å²) in [7, 11) is 0. The molecule has 8 heteroatoms. The number of hydrogen-bond donors (Lipinski definition) is 1. The Labute approximate surface area is 156 Å². The summed E-state index contributed by atoms with van der Waals surface area (Å²) in [6.07, 6.45) is 0. The lowest BCUT2D eigenvalue weighted by Crippen LogP contribution is -2.15. The van der Waals surface area contributed by atoms with Gasteiger partial charge >= 0.3 is 0 Å². The quantitative estimate of drug-likeness (QED) is 0.500. The van der Waals surface area contributed by atoms with Gasteiger partial charge in [0.05, 0.1) is 5.69 Å². The number of benzene rings is 1. The van der Waals surface area contributed by atoms with Crippen LogP contribution in [0.4, 0.5) is 0 Å². The van der Waals surface area contributed by atoms with Crippen LogP contribution in [0.3, 0.4) is 0 Å². The van der Waals surface area contributed by atoms with Crippen molar-refractivity contribution in [2.24, 2.45) is 0 Å². The lowest BCUT2D eigenvalue weighted by molar-refractivity contribution is 0.291. The summed E-state index contributed by atoms with van der Waals surface area (Å²) < 4.78 is 12.4. The number of aryl methyl sites for hydroxylation is 2. The molecule has 1 aromatic carbocycles. The van der Waals surface area contributed by atoms with E-state index in [9.17, 15) is 0 Å². The minimum Gasteiger partial charge on any atom is -0.486 e. The molecule has 0 saturated heterocycles. The van der Waals surface area contributed by atoms with E-state index in [1.807, 2.05) is 26.0 Å². The van der Waals surface area contributed by atoms with Gasteiger partial charge in [0.15, 0.2) is 5.82 Å². The van der Waals surface area contributed by atoms with Gasteiger partial charge in [0.1, 0.15) is 18.1 Å². The van der Waals surface area contributed by atoms with Gasteiger partial charge < -0.3 is 15.1 Å². The van der Waals surface area contributed by atoms with Crippen molar-refractivity contribution in [2.45, 2.75) is 51.1 Å². The molecule has 3 rings (SSSR count). The van der Waals surface area contributed by atoms with E-state index < -0.39 is 0 Å². The van der Waals surface area contributed by atoms with Gasteiger partial charge in [-0.05, 0) is 37.5 Å². The number of aromatic nitrogens is 4. The molecule has 0 saturated carbocycles. The van der Waals surface area contributed by atoms with Crippen molar-refractivity contribution in [1.82, 2.24) is 20.0 Å². The summed E-state index contributed by atoms with van der Waals surface area (Å²) in [6, 6.07) is 8.05. The van der Waals surface area contributed by atoms with E-state index in [1.54, 1.807) is 0 Å². The first kappa shape index (κ1) is 18.3. The average molecular weight is 373 g/mol. The molecule has 0 amide bonds. The van der Waals surface area contributed by atoms with E-state index in [2.05, 4.69) is 41.3 Å². The Hall–Kier alpha value is -2.48. The molecule has 0 aliphatic rings. The van der Waals surface area contributed by atoms with Crippen LogP contribution >= 0.6 is 11.8 Å². The summed E-state index contributed by atoms with van der Waals surface area (Å²) in [6.45, 7) is 8.40. The molecule has 2 aromatic heterocycles. The molecule has 0 radical (unpaired) electrons. The van der Waals surface area contributed by atoms with Crippen LogP contribution in [-0.4, -0.2) is 20.0 Å². The predicted molar refractivity (Wildman–Crippen MR) is 101 cm³/mol. The topological polar surface area (TPSA) is 92.0 Å². The van der Waals surface area contributed by atoms with Crippen LogP contribution in [0.25, 0.3) is 0 Å². The number of hydrogen-bond acceptors (Lipinski definition) is 7. The minimum atomic E-state index is 0.260. The van der Waals surface area contributed by atoms with E-state index in [0.717, 1.165) is 22.8 Å². The molecule has 0 spiro atoms. The molecular formula is C18H23N5O2S. The SMILES string of the molecule is Cc1noc(C)c1CSc1nnc(COc2ccc(C(C)C)cc2)n1N. The van der Waals surface area contributed by atoms with Crippen LogP contribution in [0.2, 0.25) is 0 Å². The predicted octanol–water partition coefficient (Wildman–Crippen LogP) is 3.59. The van der Waals surface area contributed by atoms with Gasteiger partial charge in [0.2, 0.25) is 5.16 Å². The summed E-state index contributed by atoms with van der Waals surface area (Å²) in [5.74, 6) is 9.43. The molecule has 0 atom stereocenters. The Kier molecular flexibility index (Phi) is 5.51. The molecule has 2 heterocycles. The molecule has 138 valence electrons. The number of thioether (sulfide) groups is 1. The number of nitrogens with zero attached hydrogens (tertiary/aromatic N) is 4. The first-order valence-electron chi connectivity index (χ1n) is 8.42. The first-order chi connectivity index (χ1) is 12.5. The van der Waals surface area contributed by atoms with Crippen LogP contribution in [0.5, 0.6) is 5.75 Å². The van der Waals surface area contributed by atoms with Crippen LogP contribution in [-0.2, 0) is 12.4 Å². The Morgan fingerprint density at radius 3 is 2.54 bits per heavy atom. The number of ether oxygens (including phenoxy) is 1. The van der Waals surface area contributed by atoms with Crippen LogP contribution in [0.15, 0.2) is 33.9 Å². The lowest BCUT2D eigenvalue weighted by atomic mass is 10.0. The third kappa shape index (κ3) is 4.01. The van der Waals surface area contributed by atoms with Crippen molar-refractivity contribution >= 4 is 11.8 Å². The fraction of sp³-hybridized carbons (Fsp3) is 0.389. The van der Waals surface area contributed by atoms with Crippen molar-refractivity contribution in [3.05, 3.63) is 52.7 Å². The van der Waals surface area contributed by atoms with Gasteiger partial charge in [-0.2, -0.15) is 0 Å². The van der Waals surface area contributed by atoms with E-state index in [0.29, 0.717) is 22.7 Å². The molecule has 0 bridgehead atoms. The van der Waals surface area contributed by atoms with Crippen molar-refractivity contribution in [3.8, 4) is 5.75 Å². The van der Waals surface area contributed by atoms with Gasteiger partial charge in [-0.15, -0.1) is 10.2 Å². The van der Waals surface area contributed by atoms with Gasteiger partial charge in [-0.25, -0.2) is 4.68 Å². The fourth-order valence-electron chi connectivity index (χ4n) is 2.45. The first-order valence-corrected chi connectivity index (χ1v) is 9.41. The largest absolute Gasteiger partial charge is 0.486 e. The Balaban J connectivity index is 1.60. The normalized spacial score (nSPS) is 11.3. The zero-order valence-electron chi connectivity index (χ0n) is 15.4. The molecular weight excluding hydrogens is 350 g/mol. The van der Waals surface area contributed by atoms with Gasteiger partial charge in [-0.1, -0.05) is 42.9 Å². The number of nitrogens with two attached hydrogens (primary N) is 1. The van der Waals surface area contributed by atoms with Gasteiger partial charge in [0, 0.05) is 11.3 Å². The maximum atomic E-state index is 6.10. The molecule has 2 N–H and O–H groups in total. The Morgan fingerprint density at radius 2 is 1.92 bits per heavy atom. The van der Waals surface area contributed by atoms with E-state index in [4.69, 9.17) is 15.1 Å². The maximum Gasteiger partial charge on any atom is 0.210 e. The number of nitrogen functional groups attached to an aromatic ring is 1. The van der Waals surface area contributed by atoms with Crippen LogP contribution < -0.4 is 10.6 Å². The molecule has 7 nitrogen and oxygen atoms in total. The second kappa shape index (κ2) is 7.82. The summed E-state index contributed by atoms with van der Waals surface area (Å²) in [5, 5.41) is 12.8. The second-order valence-corrected chi connectivity index (χ2v) is 7.32. The van der Waals surface area contributed by atoms with E-state index >= 15 is 0 Å². The van der Waals surface area contributed by atoms with Crippen molar-refractivity contribution < 1.29 is 9.26 Å². The third-order valence-corrected chi connectivity index (χ3v) is 5.15.